The average molecular weight is 374 g/mol. The number of hydrogen-bond acceptors (Lipinski definition) is 4. The van der Waals surface area contributed by atoms with Crippen LogP contribution in [0, 0.1) is 12.8 Å². The number of nitrogens with one attached hydrogen (secondary N) is 1. The highest BCUT2D eigenvalue weighted by Crippen LogP contribution is 2.33. The summed E-state index contributed by atoms with van der Waals surface area (Å²) in [5.41, 5.74) is 0.941. The van der Waals surface area contributed by atoms with E-state index in [-0.39, 0.29) is 4.90 Å². The maximum atomic E-state index is 12.2. The first-order valence-electron chi connectivity index (χ1n) is 7.90. The number of amides is 1. The second kappa shape index (κ2) is 8.29. The van der Waals surface area contributed by atoms with Gasteiger partial charge in [-0.1, -0.05) is 49.4 Å². The van der Waals surface area contributed by atoms with E-state index in [9.17, 15) is 18.3 Å². The molecule has 1 fully saturated rings. The van der Waals surface area contributed by atoms with Crippen molar-refractivity contribution >= 4 is 27.5 Å². The third-order valence-electron chi connectivity index (χ3n) is 4.37. The van der Waals surface area contributed by atoms with Crippen molar-refractivity contribution in [3.8, 4) is 0 Å². The Labute approximate surface area is 147 Å². The van der Waals surface area contributed by atoms with Crippen molar-refractivity contribution in [3.05, 3.63) is 34.7 Å². The van der Waals surface area contributed by atoms with E-state index in [0.29, 0.717) is 12.3 Å². The van der Waals surface area contributed by atoms with Gasteiger partial charge in [0.15, 0.2) is 9.84 Å². The fourth-order valence-electron chi connectivity index (χ4n) is 2.57. The number of aliphatic hydroxyl groups excluding tert-OH is 1. The van der Waals surface area contributed by atoms with E-state index in [1.165, 1.54) is 12.1 Å². The highest BCUT2D eigenvalue weighted by Gasteiger charge is 2.26. The van der Waals surface area contributed by atoms with Crippen molar-refractivity contribution in [2.24, 2.45) is 5.92 Å². The van der Waals surface area contributed by atoms with Gasteiger partial charge in [-0.25, -0.2) is 8.42 Å². The molecule has 1 aliphatic carbocycles. The summed E-state index contributed by atoms with van der Waals surface area (Å²) < 4.78 is 24.4. The lowest BCUT2D eigenvalue weighted by molar-refractivity contribution is -0.129. The molecule has 1 amide bonds. The smallest absolute Gasteiger partial charge is 0.248 e. The summed E-state index contributed by atoms with van der Waals surface area (Å²) >= 11 is 5.50. The van der Waals surface area contributed by atoms with Gasteiger partial charge < -0.3 is 15.3 Å². The number of aryl methyl sites for hydroxylation is 1. The molecule has 0 heterocycles. The van der Waals surface area contributed by atoms with Gasteiger partial charge in [-0.05, 0) is 25.0 Å². The Morgan fingerprint density at radius 3 is 2.50 bits per heavy atom. The lowest BCUT2D eigenvalue weighted by atomic mass is 9.80. The molecule has 1 saturated carbocycles. The van der Waals surface area contributed by atoms with Gasteiger partial charge in [0.2, 0.25) is 5.91 Å². The molecule has 0 radical (unpaired) electrons. The molecule has 1 aliphatic rings. The van der Waals surface area contributed by atoms with Crippen LogP contribution >= 0.6 is 11.8 Å². The van der Waals surface area contributed by atoms with E-state index >= 15 is 0 Å². The molecule has 2 N–H and O–H groups in total. The summed E-state index contributed by atoms with van der Waals surface area (Å²) in [7, 11) is -3.66. The normalized spacial score (nSPS) is 17.8. The summed E-state index contributed by atoms with van der Waals surface area (Å²) in [6, 6.07) is 5.62. The quantitative estimate of drug-likeness (QED) is 0.730. The largest absolute Gasteiger partial charge is 0.570 e. The standard InChI is InChI=1S/C16H22ClN2O4S/c1-11-5-7-13(8-6-11)24(22,23)10-18-16(21)15(20)14(19-17)9-12-3-2-4-12/h5-8,12,14-15,20H,2-4,9-10H2,1H3,(H,18,21)/q-1. The van der Waals surface area contributed by atoms with Gasteiger partial charge in [0.25, 0.3) is 0 Å². The minimum atomic E-state index is -3.66. The number of aliphatic hydroxyl groups is 1. The summed E-state index contributed by atoms with van der Waals surface area (Å²) in [5.74, 6) is -0.944. The zero-order valence-electron chi connectivity index (χ0n) is 13.5. The van der Waals surface area contributed by atoms with Crippen LogP contribution in [0.4, 0.5) is 0 Å². The Kier molecular flexibility index (Phi) is 6.62. The van der Waals surface area contributed by atoms with Crippen molar-refractivity contribution in [1.29, 1.82) is 0 Å². The molecule has 0 bridgehead atoms. The molecule has 0 aliphatic heterocycles. The van der Waals surface area contributed by atoms with Crippen LogP contribution in [0.1, 0.15) is 31.2 Å². The minimum Gasteiger partial charge on any atom is -0.570 e. The molecule has 134 valence electrons. The Bertz CT molecular complexity index is 659. The number of carbonyl (C=O) groups is 1. The van der Waals surface area contributed by atoms with Crippen molar-refractivity contribution in [2.45, 2.75) is 49.6 Å². The lowest BCUT2D eigenvalue weighted by Crippen LogP contribution is -2.44. The van der Waals surface area contributed by atoms with Crippen molar-refractivity contribution in [1.82, 2.24) is 5.32 Å². The predicted octanol–water partition coefficient (Wildman–Crippen LogP) is 2.29. The molecule has 0 saturated heterocycles. The number of sulfone groups is 1. The molecular weight excluding hydrogens is 352 g/mol. The molecule has 2 unspecified atom stereocenters. The topological polar surface area (TPSA) is 97.6 Å². The fraction of sp³-hybridized carbons (Fsp3) is 0.562. The van der Waals surface area contributed by atoms with Gasteiger partial charge in [0, 0.05) is 0 Å². The van der Waals surface area contributed by atoms with Crippen LogP contribution < -0.4 is 5.32 Å². The van der Waals surface area contributed by atoms with Gasteiger partial charge in [-0.15, -0.1) is 0 Å². The molecule has 2 rings (SSSR count). The Morgan fingerprint density at radius 2 is 2.00 bits per heavy atom. The van der Waals surface area contributed by atoms with Gasteiger partial charge in [-0.3, -0.25) is 16.6 Å². The number of hydrogen-bond donors (Lipinski definition) is 2. The predicted molar refractivity (Wildman–Crippen MR) is 92.3 cm³/mol. The van der Waals surface area contributed by atoms with Crippen LogP contribution in [0.25, 0.3) is 4.84 Å². The summed E-state index contributed by atoms with van der Waals surface area (Å²) in [4.78, 5) is 15.7. The third-order valence-corrected chi connectivity index (χ3v) is 6.14. The highest BCUT2D eigenvalue weighted by molar-refractivity contribution is 7.91. The number of halogens is 1. The van der Waals surface area contributed by atoms with Crippen LogP contribution in [0.2, 0.25) is 0 Å². The molecule has 1 aromatic rings. The molecule has 8 heteroatoms. The first-order valence-corrected chi connectivity index (χ1v) is 9.89. The number of benzene rings is 1. The molecule has 0 spiro atoms. The Balaban J connectivity index is 1.91. The summed E-state index contributed by atoms with van der Waals surface area (Å²) in [5, 5.41) is 12.3. The van der Waals surface area contributed by atoms with Gasteiger partial charge in [-0.2, -0.15) is 0 Å². The van der Waals surface area contributed by atoms with Crippen molar-refractivity contribution in [2.75, 3.05) is 5.88 Å². The van der Waals surface area contributed by atoms with Gasteiger partial charge >= 0.3 is 0 Å². The van der Waals surface area contributed by atoms with E-state index in [2.05, 4.69) is 10.2 Å². The van der Waals surface area contributed by atoms with Crippen LogP contribution in [0.3, 0.4) is 0 Å². The second-order valence-electron chi connectivity index (χ2n) is 6.26. The number of rotatable bonds is 8. The van der Waals surface area contributed by atoms with Crippen molar-refractivity contribution in [3.63, 3.8) is 0 Å². The second-order valence-corrected chi connectivity index (χ2v) is 8.44. The van der Waals surface area contributed by atoms with Crippen LogP contribution in [-0.4, -0.2) is 37.5 Å². The lowest BCUT2D eigenvalue weighted by Gasteiger charge is -2.37. The molecule has 24 heavy (non-hydrogen) atoms. The maximum Gasteiger partial charge on any atom is 0.248 e. The van der Waals surface area contributed by atoms with Crippen LogP contribution in [-0.2, 0) is 14.6 Å². The van der Waals surface area contributed by atoms with E-state index in [1.807, 2.05) is 6.92 Å². The zero-order valence-corrected chi connectivity index (χ0v) is 15.1. The zero-order chi connectivity index (χ0) is 17.7. The number of nitrogens with zero attached hydrogens (tertiary/aromatic N) is 1. The monoisotopic (exact) mass is 373 g/mol. The Morgan fingerprint density at radius 1 is 1.38 bits per heavy atom. The molecule has 1 aromatic carbocycles. The minimum absolute atomic E-state index is 0.121. The van der Waals surface area contributed by atoms with E-state index in [4.69, 9.17) is 11.8 Å². The average Bonchev–Trinajstić information content (AvgIpc) is 2.52. The van der Waals surface area contributed by atoms with Crippen molar-refractivity contribution < 1.29 is 18.3 Å². The molecular formula is C16H22ClN2O4S-. The summed E-state index contributed by atoms with van der Waals surface area (Å²) in [6.45, 7) is 1.85. The fourth-order valence-corrected chi connectivity index (χ4v) is 3.80. The number of carbonyl (C=O) groups excluding carboxylic acids is 1. The van der Waals surface area contributed by atoms with E-state index in [0.717, 1.165) is 24.8 Å². The Hall–Kier alpha value is -1.15. The van der Waals surface area contributed by atoms with E-state index in [1.54, 1.807) is 12.1 Å². The van der Waals surface area contributed by atoms with E-state index < -0.39 is 33.8 Å². The van der Waals surface area contributed by atoms with Crippen LogP contribution in [0.15, 0.2) is 29.2 Å². The third kappa shape index (κ3) is 4.92. The highest BCUT2D eigenvalue weighted by atomic mass is 35.5. The SMILES string of the molecule is Cc1ccc(S(=O)(=O)CNC(=O)C(O)C(CC2CCC2)[N-]Cl)cc1. The first kappa shape index (κ1) is 19.2. The van der Waals surface area contributed by atoms with Gasteiger partial charge in [0.1, 0.15) is 12.0 Å². The first-order chi connectivity index (χ1) is 11.3. The van der Waals surface area contributed by atoms with Gasteiger partial charge in [0.05, 0.1) is 4.90 Å². The molecule has 6 nitrogen and oxygen atoms in total. The molecule has 0 aromatic heterocycles. The maximum absolute atomic E-state index is 12.2. The summed E-state index contributed by atoms with van der Waals surface area (Å²) in [6.07, 6.45) is 2.30. The van der Waals surface area contributed by atoms with Crippen LogP contribution in [0.5, 0.6) is 0 Å². The molecule has 2 atom stereocenters.